The minimum Gasteiger partial charge on any atom is -0.483 e. The molecule has 1 amide bonds. The van der Waals surface area contributed by atoms with Crippen LogP contribution in [0, 0.1) is 5.82 Å². The summed E-state index contributed by atoms with van der Waals surface area (Å²) in [6.07, 6.45) is 0. The van der Waals surface area contributed by atoms with Gasteiger partial charge in [0.1, 0.15) is 11.6 Å². The zero-order chi connectivity index (χ0) is 15.4. The molecule has 0 aliphatic rings. The van der Waals surface area contributed by atoms with Crippen LogP contribution >= 0.6 is 27.5 Å². The third kappa shape index (κ3) is 4.34. The lowest BCUT2D eigenvalue weighted by Crippen LogP contribution is -2.20. The van der Waals surface area contributed by atoms with E-state index in [-0.39, 0.29) is 18.2 Å². The van der Waals surface area contributed by atoms with Crippen molar-refractivity contribution >= 4 is 44.8 Å². The van der Waals surface area contributed by atoms with Crippen LogP contribution in [0.1, 0.15) is 0 Å². The summed E-state index contributed by atoms with van der Waals surface area (Å²) in [6, 6.07) is 8.90. The van der Waals surface area contributed by atoms with Crippen molar-refractivity contribution in [2.24, 2.45) is 0 Å². The summed E-state index contributed by atoms with van der Waals surface area (Å²) in [5.74, 6) is -0.426. The summed E-state index contributed by atoms with van der Waals surface area (Å²) in [6.45, 7) is -0.197. The van der Waals surface area contributed by atoms with E-state index in [1.54, 1.807) is 18.2 Å². The summed E-state index contributed by atoms with van der Waals surface area (Å²) < 4.78 is 19.0. The molecule has 0 spiro atoms. The lowest BCUT2D eigenvalue weighted by molar-refractivity contribution is -0.118. The maximum atomic E-state index is 13.0. The van der Waals surface area contributed by atoms with Crippen LogP contribution in [-0.2, 0) is 4.79 Å². The number of nitrogens with one attached hydrogen (secondary N) is 1. The molecule has 110 valence electrons. The van der Waals surface area contributed by atoms with Gasteiger partial charge in [0.25, 0.3) is 5.91 Å². The highest BCUT2D eigenvalue weighted by atomic mass is 79.9. The molecule has 0 aliphatic heterocycles. The average Bonchev–Trinajstić information content (AvgIpc) is 2.42. The number of rotatable bonds is 4. The zero-order valence-corrected chi connectivity index (χ0v) is 13.0. The highest BCUT2D eigenvalue weighted by Gasteiger charge is 2.08. The summed E-state index contributed by atoms with van der Waals surface area (Å²) >= 11 is 9.09. The van der Waals surface area contributed by atoms with Gasteiger partial charge >= 0.3 is 0 Å². The first-order chi connectivity index (χ1) is 9.95. The van der Waals surface area contributed by atoms with Gasteiger partial charge in [0.15, 0.2) is 6.61 Å². The Bertz CT molecular complexity index is 682. The van der Waals surface area contributed by atoms with Gasteiger partial charge in [-0.1, -0.05) is 11.6 Å². The number of ether oxygens (including phenoxy) is 1. The fourth-order valence-corrected chi connectivity index (χ4v) is 2.35. The van der Waals surface area contributed by atoms with Crippen LogP contribution in [0.2, 0.25) is 5.02 Å². The van der Waals surface area contributed by atoms with Crippen molar-refractivity contribution in [3.8, 4) is 5.75 Å². The third-order valence-corrected chi connectivity index (χ3v) is 3.39. The molecule has 0 heterocycles. The van der Waals surface area contributed by atoms with E-state index < -0.39 is 5.82 Å². The van der Waals surface area contributed by atoms with Crippen molar-refractivity contribution in [1.29, 1.82) is 0 Å². The standard InChI is InChI=1S/C14H11BrClFN2O2/c15-10-5-8(16)1-4-13(10)21-7-14(20)19-9-2-3-11(17)12(18)6-9/h1-6H,7,18H2,(H,19,20). The van der Waals surface area contributed by atoms with Crippen LogP contribution in [0.3, 0.4) is 0 Å². The number of anilines is 2. The Morgan fingerprint density at radius 2 is 2.10 bits per heavy atom. The summed E-state index contributed by atoms with van der Waals surface area (Å²) in [7, 11) is 0. The van der Waals surface area contributed by atoms with E-state index >= 15 is 0 Å². The topological polar surface area (TPSA) is 64.3 Å². The minimum atomic E-state index is -0.533. The summed E-state index contributed by atoms with van der Waals surface area (Å²) in [5, 5.41) is 3.12. The molecule has 0 atom stereocenters. The molecular weight excluding hydrogens is 363 g/mol. The Morgan fingerprint density at radius 1 is 1.33 bits per heavy atom. The molecular formula is C14H11BrClFN2O2. The molecule has 4 nitrogen and oxygen atoms in total. The monoisotopic (exact) mass is 372 g/mol. The van der Waals surface area contributed by atoms with Gasteiger partial charge in [-0.05, 0) is 52.3 Å². The molecule has 0 saturated heterocycles. The van der Waals surface area contributed by atoms with Gasteiger partial charge in [0.2, 0.25) is 0 Å². The molecule has 2 aromatic carbocycles. The molecule has 0 unspecified atom stereocenters. The Labute approximate surface area is 134 Å². The van der Waals surface area contributed by atoms with Crippen molar-refractivity contribution < 1.29 is 13.9 Å². The number of nitrogen functional groups attached to an aromatic ring is 1. The van der Waals surface area contributed by atoms with Crippen LogP contribution in [0.25, 0.3) is 0 Å². The van der Waals surface area contributed by atoms with Gasteiger partial charge in [0.05, 0.1) is 10.2 Å². The lowest BCUT2D eigenvalue weighted by atomic mass is 10.2. The van der Waals surface area contributed by atoms with E-state index in [9.17, 15) is 9.18 Å². The maximum Gasteiger partial charge on any atom is 0.262 e. The Morgan fingerprint density at radius 3 is 2.76 bits per heavy atom. The van der Waals surface area contributed by atoms with E-state index in [4.69, 9.17) is 22.1 Å². The largest absolute Gasteiger partial charge is 0.483 e. The average molecular weight is 374 g/mol. The van der Waals surface area contributed by atoms with Crippen molar-refractivity contribution in [3.63, 3.8) is 0 Å². The number of amides is 1. The van der Waals surface area contributed by atoms with Crippen molar-refractivity contribution in [1.82, 2.24) is 0 Å². The van der Waals surface area contributed by atoms with Gasteiger partial charge in [-0.25, -0.2) is 4.39 Å². The smallest absolute Gasteiger partial charge is 0.262 e. The van der Waals surface area contributed by atoms with Crippen LogP contribution in [0.5, 0.6) is 5.75 Å². The Balaban J connectivity index is 1.94. The van der Waals surface area contributed by atoms with Crippen LogP contribution in [0.15, 0.2) is 40.9 Å². The SMILES string of the molecule is Nc1cc(NC(=O)COc2ccc(Cl)cc2Br)ccc1F. The molecule has 0 bridgehead atoms. The molecule has 2 rings (SSSR count). The maximum absolute atomic E-state index is 13.0. The normalized spacial score (nSPS) is 10.2. The highest BCUT2D eigenvalue weighted by molar-refractivity contribution is 9.10. The van der Waals surface area contributed by atoms with Gasteiger partial charge < -0.3 is 15.8 Å². The van der Waals surface area contributed by atoms with E-state index in [2.05, 4.69) is 21.2 Å². The third-order valence-electron chi connectivity index (χ3n) is 2.53. The second-order valence-electron chi connectivity index (χ2n) is 4.15. The van der Waals surface area contributed by atoms with Gasteiger partial charge in [-0.15, -0.1) is 0 Å². The van der Waals surface area contributed by atoms with E-state index in [0.29, 0.717) is 20.9 Å². The zero-order valence-electron chi connectivity index (χ0n) is 10.7. The first-order valence-corrected chi connectivity index (χ1v) is 7.05. The number of carbonyl (C=O) groups is 1. The molecule has 0 radical (unpaired) electrons. The van der Waals surface area contributed by atoms with Crippen molar-refractivity contribution in [2.75, 3.05) is 17.7 Å². The second-order valence-corrected chi connectivity index (χ2v) is 5.44. The predicted molar refractivity (Wildman–Crippen MR) is 84.1 cm³/mol. The lowest BCUT2D eigenvalue weighted by Gasteiger charge is -2.09. The molecule has 0 fully saturated rings. The minimum absolute atomic E-state index is 0.0332. The molecule has 21 heavy (non-hydrogen) atoms. The first-order valence-electron chi connectivity index (χ1n) is 5.88. The second kappa shape index (κ2) is 6.78. The van der Waals surface area contributed by atoms with E-state index in [1.807, 2.05) is 0 Å². The van der Waals surface area contributed by atoms with Crippen LogP contribution in [0.4, 0.5) is 15.8 Å². The Kier molecular flexibility index (Phi) is 5.03. The fraction of sp³-hybridized carbons (Fsp3) is 0.0714. The van der Waals surface area contributed by atoms with Gasteiger partial charge in [-0.3, -0.25) is 4.79 Å². The number of carbonyl (C=O) groups excluding carboxylic acids is 1. The number of halogens is 3. The Hall–Kier alpha value is -1.79. The quantitative estimate of drug-likeness (QED) is 0.800. The molecule has 0 aromatic heterocycles. The van der Waals surface area contributed by atoms with Crippen molar-refractivity contribution in [2.45, 2.75) is 0 Å². The number of hydrogen-bond acceptors (Lipinski definition) is 3. The number of hydrogen-bond donors (Lipinski definition) is 2. The molecule has 2 aromatic rings. The van der Waals surface area contributed by atoms with E-state index in [1.165, 1.54) is 18.2 Å². The molecule has 0 saturated carbocycles. The number of nitrogens with two attached hydrogens (primary N) is 1. The molecule has 3 N–H and O–H groups in total. The van der Waals surface area contributed by atoms with Gasteiger partial charge in [0, 0.05) is 10.7 Å². The van der Waals surface area contributed by atoms with Crippen LogP contribution < -0.4 is 15.8 Å². The summed E-state index contributed by atoms with van der Waals surface area (Å²) in [5.41, 5.74) is 5.79. The fourth-order valence-electron chi connectivity index (χ4n) is 1.55. The molecule has 0 aliphatic carbocycles. The van der Waals surface area contributed by atoms with E-state index in [0.717, 1.165) is 0 Å². The molecule has 7 heteroatoms. The number of benzene rings is 2. The van der Waals surface area contributed by atoms with Crippen molar-refractivity contribution in [3.05, 3.63) is 51.7 Å². The predicted octanol–water partition coefficient (Wildman–Crippen LogP) is 3.84. The highest BCUT2D eigenvalue weighted by Crippen LogP contribution is 2.27. The van der Waals surface area contributed by atoms with Gasteiger partial charge in [-0.2, -0.15) is 0 Å². The first kappa shape index (κ1) is 15.6. The van der Waals surface area contributed by atoms with Crippen LogP contribution in [-0.4, -0.2) is 12.5 Å². The summed E-state index contributed by atoms with van der Waals surface area (Å²) in [4.78, 5) is 11.7.